The number of carbonyl (C=O) groups excluding carboxylic acids is 1. The van der Waals surface area contributed by atoms with E-state index in [0.29, 0.717) is 11.6 Å². The molecule has 1 amide bonds. The SMILES string of the molecule is C[C@H](Sc1n[nH]c(=O)n1C1CC1)C(=O)N[C@H]1CCS(=O)(=O)C1. The van der Waals surface area contributed by atoms with Crippen LogP contribution in [0, 0.1) is 0 Å². The van der Waals surface area contributed by atoms with Crippen molar-refractivity contribution in [2.75, 3.05) is 11.5 Å². The lowest BCUT2D eigenvalue weighted by molar-refractivity contribution is -0.120. The summed E-state index contributed by atoms with van der Waals surface area (Å²) in [5.41, 5.74) is -0.250. The first-order valence-electron chi connectivity index (χ1n) is 7.20. The Labute approximate surface area is 132 Å². The second-order valence-electron chi connectivity index (χ2n) is 5.78. The Bertz CT molecular complexity index is 735. The van der Waals surface area contributed by atoms with E-state index in [1.165, 1.54) is 11.8 Å². The van der Waals surface area contributed by atoms with Gasteiger partial charge in [0, 0.05) is 12.1 Å². The normalized spacial score (nSPS) is 25.0. The summed E-state index contributed by atoms with van der Waals surface area (Å²) < 4.78 is 24.4. The molecule has 8 nitrogen and oxygen atoms in total. The molecule has 2 aliphatic rings. The second kappa shape index (κ2) is 5.73. The number of hydrogen-bond acceptors (Lipinski definition) is 6. The van der Waals surface area contributed by atoms with Crippen molar-refractivity contribution in [3.8, 4) is 0 Å². The molecule has 2 N–H and O–H groups in total. The Hall–Kier alpha value is -1.29. The molecule has 2 heterocycles. The van der Waals surface area contributed by atoms with Gasteiger partial charge >= 0.3 is 5.69 Å². The molecule has 0 radical (unpaired) electrons. The van der Waals surface area contributed by atoms with Crippen LogP contribution in [-0.2, 0) is 14.6 Å². The van der Waals surface area contributed by atoms with Gasteiger partial charge < -0.3 is 5.32 Å². The predicted molar refractivity (Wildman–Crippen MR) is 81.6 cm³/mol. The number of H-pyrrole nitrogens is 1. The quantitative estimate of drug-likeness (QED) is 0.707. The van der Waals surface area contributed by atoms with E-state index in [9.17, 15) is 18.0 Å². The Kier molecular flexibility index (Phi) is 4.06. The molecule has 1 aromatic heterocycles. The van der Waals surface area contributed by atoms with Crippen molar-refractivity contribution in [3.05, 3.63) is 10.5 Å². The maximum absolute atomic E-state index is 12.2. The van der Waals surface area contributed by atoms with Crippen LogP contribution in [0.2, 0.25) is 0 Å². The molecule has 0 aromatic carbocycles. The highest BCUT2D eigenvalue weighted by Crippen LogP contribution is 2.36. The number of amides is 1. The summed E-state index contributed by atoms with van der Waals surface area (Å²) in [5.74, 6) is -0.101. The van der Waals surface area contributed by atoms with Crippen molar-refractivity contribution in [1.29, 1.82) is 0 Å². The molecule has 2 atom stereocenters. The van der Waals surface area contributed by atoms with E-state index in [1.54, 1.807) is 11.5 Å². The average Bonchev–Trinajstić information content (AvgIpc) is 3.12. The van der Waals surface area contributed by atoms with Crippen LogP contribution in [-0.4, -0.2) is 51.9 Å². The zero-order chi connectivity index (χ0) is 15.9. The summed E-state index contributed by atoms with van der Waals surface area (Å²) >= 11 is 1.21. The van der Waals surface area contributed by atoms with Crippen LogP contribution in [0.3, 0.4) is 0 Å². The van der Waals surface area contributed by atoms with Crippen LogP contribution >= 0.6 is 11.8 Å². The third-order valence-corrected chi connectivity index (χ3v) is 6.65. The molecule has 1 saturated carbocycles. The monoisotopic (exact) mass is 346 g/mol. The summed E-state index contributed by atoms with van der Waals surface area (Å²) in [4.78, 5) is 23.9. The molecule has 0 unspecified atom stereocenters. The summed E-state index contributed by atoms with van der Waals surface area (Å²) in [6.45, 7) is 1.72. The van der Waals surface area contributed by atoms with Gasteiger partial charge in [0.25, 0.3) is 0 Å². The van der Waals surface area contributed by atoms with Crippen LogP contribution in [0.5, 0.6) is 0 Å². The minimum Gasteiger partial charge on any atom is -0.351 e. The number of sulfone groups is 1. The molecule has 10 heteroatoms. The topological polar surface area (TPSA) is 114 Å². The lowest BCUT2D eigenvalue weighted by Gasteiger charge is -2.15. The third-order valence-electron chi connectivity index (χ3n) is 3.81. The number of thioether (sulfide) groups is 1. The van der Waals surface area contributed by atoms with Gasteiger partial charge in [-0.1, -0.05) is 11.8 Å². The van der Waals surface area contributed by atoms with Crippen LogP contribution in [0.15, 0.2) is 9.95 Å². The molecule has 0 spiro atoms. The highest BCUT2D eigenvalue weighted by atomic mass is 32.2. The molecule has 2 fully saturated rings. The first-order valence-corrected chi connectivity index (χ1v) is 9.90. The van der Waals surface area contributed by atoms with E-state index in [1.807, 2.05) is 0 Å². The van der Waals surface area contributed by atoms with Crippen LogP contribution in [0.25, 0.3) is 0 Å². The van der Waals surface area contributed by atoms with Crippen molar-refractivity contribution < 1.29 is 13.2 Å². The first-order chi connectivity index (χ1) is 10.4. The fraction of sp³-hybridized carbons (Fsp3) is 0.750. The molecule has 3 rings (SSSR count). The number of hydrogen-bond donors (Lipinski definition) is 2. The van der Waals surface area contributed by atoms with Crippen molar-refractivity contribution in [2.24, 2.45) is 0 Å². The van der Waals surface area contributed by atoms with Gasteiger partial charge in [-0.05, 0) is 26.2 Å². The average molecular weight is 346 g/mol. The molecule has 1 saturated heterocycles. The number of nitrogens with one attached hydrogen (secondary N) is 2. The fourth-order valence-corrected chi connectivity index (χ4v) is 5.08. The minimum absolute atomic E-state index is 0.00527. The highest BCUT2D eigenvalue weighted by Gasteiger charge is 2.32. The zero-order valence-corrected chi connectivity index (χ0v) is 13.7. The van der Waals surface area contributed by atoms with Gasteiger partial charge in [-0.25, -0.2) is 18.3 Å². The zero-order valence-electron chi connectivity index (χ0n) is 12.1. The van der Waals surface area contributed by atoms with Gasteiger partial charge in [0.05, 0.1) is 16.8 Å². The molecule has 1 aliphatic heterocycles. The Balaban J connectivity index is 1.61. The Morgan fingerprint density at radius 1 is 1.45 bits per heavy atom. The van der Waals surface area contributed by atoms with Crippen molar-refractivity contribution in [3.63, 3.8) is 0 Å². The van der Waals surface area contributed by atoms with Crippen molar-refractivity contribution >= 4 is 27.5 Å². The molecular weight excluding hydrogens is 328 g/mol. The van der Waals surface area contributed by atoms with E-state index < -0.39 is 15.1 Å². The van der Waals surface area contributed by atoms with Crippen LogP contribution in [0.1, 0.15) is 32.2 Å². The summed E-state index contributed by atoms with van der Waals surface area (Å²) in [6, 6.07) is -0.130. The smallest absolute Gasteiger partial charge is 0.344 e. The van der Waals surface area contributed by atoms with Crippen molar-refractivity contribution in [2.45, 2.75) is 48.7 Å². The summed E-state index contributed by atoms with van der Waals surface area (Å²) in [7, 11) is -3.02. The van der Waals surface area contributed by atoms with E-state index in [-0.39, 0.29) is 35.2 Å². The third kappa shape index (κ3) is 3.37. The second-order valence-corrected chi connectivity index (χ2v) is 9.32. The standard InChI is InChI=1S/C12H18N4O4S2/c1-7(10(17)13-8-4-5-22(19,20)6-8)21-12-15-14-11(18)16(12)9-2-3-9/h7-9H,2-6H2,1H3,(H,13,17)(H,14,18)/t7-,8-/m0/s1. The largest absolute Gasteiger partial charge is 0.351 e. The number of aromatic amines is 1. The van der Waals surface area contributed by atoms with Gasteiger partial charge in [0.2, 0.25) is 5.91 Å². The number of carbonyl (C=O) groups is 1. The summed E-state index contributed by atoms with van der Waals surface area (Å²) in [5, 5.41) is 9.20. The highest BCUT2D eigenvalue weighted by molar-refractivity contribution is 8.00. The predicted octanol–water partition coefficient (Wildman–Crippen LogP) is -0.310. The Morgan fingerprint density at radius 3 is 2.77 bits per heavy atom. The van der Waals surface area contributed by atoms with E-state index in [4.69, 9.17) is 0 Å². The molecule has 1 aliphatic carbocycles. The van der Waals surface area contributed by atoms with Crippen LogP contribution in [0.4, 0.5) is 0 Å². The molecular formula is C12H18N4O4S2. The van der Waals surface area contributed by atoms with Crippen molar-refractivity contribution in [1.82, 2.24) is 20.1 Å². The lowest BCUT2D eigenvalue weighted by Crippen LogP contribution is -2.40. The summed E-state index contributed by atoms with van der Waals surface area (Å²) in [6.07, 6.45) is 2.36. The Morgan fingerprint density at radius 2 is 2.18 bits per heavy atom. The van der Waals surface area contributed by atoms with Gasteiger partial charge in [0.1, 0.15) is 0 Å². The van der Waals surface area contributed by atoms with Gasteiger partial charge in [-0.2, -0.15) is 0 Å². The molecule has 22 heavy (non-hydrogen) atoms. The molecule has 122 valence electrons. The molecule has 1 aromatic rings. The minimum atomic E-state index is -3.02. The molecule has 0 bridgehead atoms. The maximum Gasteiger partial charge on any atom is 0.344 e. The lowest BCUT2D eigenvalue weighted by atomic mass is 10.2. The maximum atomic E-state index is 12.2. The van der Waals surface area contributed by atoms with E-state index >= 15 is 0 Å². The number of rotatable bonds is 5. The van der Waals surface area contributed by atoms with Crippen LogP contribution < -0.4 is 11.0 Å². The van der Waals surface area contributed by atoms with Gasteiger partial charge in [0.15, 0.2) is 15.0 Å². The van der Waals surface area contributed by atoms with E-state index in [0.717, 1.165) is 12.8 Å². The number of nitrogens with zero attached hydrogens (tertiary/aromatic N) is 2. The fourth-order valence-electron chi connectivity index (χ4n) is 2.47. The van der Waals surface area contributed by atoms with Gasteiger partial charge in [-0.3, -0.25) is 9.36 Å². The van der Waals surface area contributed by atoms with Gasteiger partial charge in [-0.15, -0.1) is 5.10 Å². The first kappa shape index (κ1) is 15.6. The van der Waals surface area contributed by atoms with E-state index in [2.05, 4.69) is 15.5 Å². The number of aromatic nitrogens is 3.